The van der Waals surface area contributed by atoms with E-state index in [1.54, 1.807) is 0 Å². The van der Waals surface area contributed by atoms with Crippen LogP contribution in [0.4, 0.5) is 14.7 Å². The molecule has 0 radical (unpaired) electrons. The average molecular weight is 251 g/mol. The summed E-state index contributed by atoms with van der Waals surface area (Å²) >= 11 is 0. The van der Waals surface area contributed by atoms with Crippen LogP contribution in [-0.2, 0) is 0 Å². The number of rotatable bonds is 2. The van der Waals surface area contributed by atoms with Gasteiger partial charge in [-0.05, 0) is 24.3 Å². The summed E-state index contributed by atoms with van der Waals surface area (Å²) in [5.41, 5.74) is 4.67. The molecule has 3 N–H and O–H groups in total. The zero-order valence-electron chi connectivity index (χ0n) is 8.89. The molecule has 0 atom stereocenters. The van der Waals surface area contributed by atoms with Crippen molar-refractivity contribution >= 4 is 11.9 Å². The molecule has 2 rings (SSSR count). The van der Waals surface area contributed by atoms with E-state index in [0.717, 1.165) is 24.3 Å². The predicted molar refractivity (Wildman–Crippen MR) is 58.8 cm³/mol. The molecule has 1 heterocycles. The highest BCUT2D eigenvalue weighted by molar-refractivity contribution is 5.87. The Hall–Kier alpha value is -2.57. The Bertz CT molecular complexity index is 632. The fourth-order valence-electron chi connectivity index (χ4n) is 1.41. The zero-order valence-corrected chi connectivity index (χ0v) is 8.89. The first-order valence-electron chi connectivity index (χ1n) is 4.80. The number of aromatic carboxylic acids is 1. The molecule has 5 nitrogen and oxygen atoms in total. The summed E-state index contributed by atoms with van der Waals surface area (Å²) in [6, 6.07) is 3.80. The van der Waals surface area contributed by atoms with Gasteiger partial charge in [0.2, 0.25) is 5.95 Å². The van der Waals surface area contributed by atoms with Crippen molar-refractivity contribution in [1.82, 2.24) is 9.97 Å². The first kappa shape index (κ1) is 11.9. The molecular weight excluding hydrogens is 244 g/mol. The molecule has 2 aromatic rings. The van der Waals surface area contributed by atoms with E-state index in [1.807, 2.05) is 0 Å². The maximum absolute atomic E-state index is 13.5. The van der Waals surface area contributed by atoms with Crippen LogP contribution in [0.25, 0.3) is 11.3 Å². The standard InChI is InChI=1S/C11H7F2N3O2/c12-5-1-2-7(13)6(3-5)8-4-9(10(17)18)16-11(14)15-8/h1-4H,(H,17,18)(H2,14,15,16). The molecule has 0 aliphatic heterocycles. The molecule has 7 heteroatoms. The van der Waals surface area contributed by atoms with E-state index in [2.05, 4.69) is 9.97 Å². The van der Waals surface area contributed by atoms with Crippen LogP contribution in [-0.4, -0.2) is 21.0 Å². The molecule has 1 aromatic heterocycles. The van der Waals surface area contributed by atoms with Crippen LogP contribution in [0.3, 0.4) is 0 Å². The molecule has 0 saturated heterocycles. The van der Waals surface area contributed by atoms with Gasteiger partial charge >= 0.3 is 5.97 Å². The summed E-state index contributed by atoms with van der Waals surface area (Å²) in [6.07, 6.45) is 0. The number of hydrogen-bond acceptors (Lipinski definition) is 4. The smallest absolute Gasteiger partial charge is 0.354 e. The molecule has 0 spiro atoms. The van der Waals surface area contributed by atoms with E-state index in [1.165, 1.54) is 0 Å². The number of nitrogens with two attached hydrogens (primary N) is 1. The average Bonchev–Trinajstić information content (AvgIpc) is 2.31. The summed E-state index contributed by atoms with van der Waals surface area (Å²) in [5, 5.41) is 8.79. The molecule has 18 heavy (non-hydrogen) atoms. The lowest BCUT2D eigenvalue weighted by Gasteiger charge is -2.05. The van der Waals surface area contributed by atoms with Gasteiger partial charge in [0.15, 0.2) is 5.69 Å². The van der Waals surface area contributed by atoms with E-state index in [9.17, 15) is 13.6 Å². The highest BCUT2D eigenvalue weighted by Gasteiger charge is 2.13. The quantitative estimate of drug-likeness (QED) is 0.847. The summed E-state index contributed by atoms with van der Waals surface area (Å²) < 4.78 is 26.5. The molecule has 0 amide bonds. The van der Waals surface area contributed by atoms with Crippen molar-refractivity contribution in [3.05, 3.63) is 41.6 Å². The highest BCUT2D eigenvalue weighted by Crippen LogP contribution is 2.23. The fraction of sp³-hybridized carbons (Fsp3) is 0. The summed E-state index contributed by atoms with van der Waals surface area (Å²) in [6.45, 7) is 0. The van der Waals surface area contributed by atoms with Crippen LogP contribution in [0.15, 0.2) is 24.3 Å². The maximum Gasteiger partial charge on any atom is 0.354 e. The van der Waals surface area contributed by atoms with Gasteiger partial charge in [0.05, 0.1) is 5.69 Å². The number of anilines is 1. The van der Waals surface area contributed by atoms with Gasteiger partial charge in [-0.2, -0.15) is 0 Å². The second-order valence-electron chi connectivity index (χ2n) is 3.43. The van der Waals surface area contributed by atoms with Gasteiger partial charge in [0.1, 0.15) is 11.6 Å². The monoisotopic (exact) mass is 251 g/mol. The Balaban J connectivity index is 2.63. The lowest BCUT2D eigenvalue weighted by molar-refractivity contribution is 0.0690. The van der Waals surface area contributed by atoms with Gasteiger partial charge in [0, 0.05) is 5.56 Å². The van der Waals surface area contributed by atoms with E-state index >= 15 is 0 Å². The number of nitrogen functional groups attached to an aromatic ring is 1. The minimum Gasteiger partial charge on any atom is -0.477 e. The van der Waals surface area contributed by atoms with Crippen molar-refractivity contribution in [2.45, 2.75) is 0 Å². The number of nitrogens with zero attached hydrogens (tertiary/aromatic N) is 2. The van der Waals surface area contributed by atoms with Gasteiger partial charge in [-0.1, -0.05) is 0 Å². The Labute approximate surface area is 99.9 Å². The Morgan fingerprint density at radius 3 is 2.61 bits per heavy atom. The van der Waals surface area contributed by atoms with Crippen LogP contribution in [0.5, 0.6) is 0 Å². The first-order chi connectivity index (χ1) is 8.47. The summed E-state index contributed by atoms with van der Waals surface area (Å²) in [4.78, 5) is 17.9. The molecule has 0 aliphatic carbocycles. The molecule has 0 saturated carbocycles. The lowest BCUT2D eigenvalue weighted by atomic mass is 10.1. The molecular formula is C11H7F2N3O2. The summed E-state index contributed by atoms with van der Waals surface area (Å²) in [5.74, 6) is -3.05. The molecule has 92 valence electrons. The third-order valence-corrected chi connectivity index (χ3v) is 2.17. The number of aromatic nitrogens is 2. The molecule has 0 aliphatic rings. The number of carboxylic acid groups (broad SMARTS) is 1. The number of carboxylic acids is 1. The number of carbonyl (C=O) groups is 1. The van der Waals surface area contributed by atoms with Crippen molar-refractivity contribution in [1.29, 1.82) is 0 Å². The minimum atomic E-state index is -1.33. The van der Waals surface area contributed by atoms with Crippen molar-refractivity contribution in [2.24, 2.45) is 0 Å². The van der Waals surface area contributed by atoms with Crippen LogP contribution in [0, 0.1) is 11.6 Å². The first-order valence-corrected chi connectivity index (χ1v) is 4.80. The van der Waals surface area contributed by atoms with Crippen LogP contribution < -0.4 is 5.73 Å². The van der Waals surface area contributed by atoms with Gasteiger partial charge in [-0.15, -0.1) is 0 Å². The second-order valence-corrected chi connectivity index (χ2v) is 3.43. The van der Waals surface area contributed by atoms with Crippen LogP contribution in [0.2, 0.25) is 0 Å². The van der Waals surface area contributed by atoms with Crippen LogP contribution in [0.1, 0.15) is 10.5 Å². The van der Waals surface area contributed by atoms with E-state index in [4.69, 9.17) is 10.8 Å². The molecule has 0 unspecified atom stereocenters. The zero-order chi connectivity index (χ0) is 13.3. The van der Waals surface area contributed by atoms with Crippen molar-refractivity contribution in [2.75, 3.05) is 5.73 Å². The van der Waals surface area contributed by atoms with E-state index in [0.29, 0.717) is 0 Å². The van der Waals surface area contributed by atoms with E-state index < -0.39 is 17.6 Å². The van der Waals surface area contributed by atoms with Crippen molar-refractivity contribution in [3.63, 3.8) is 0 Å². The van der Waals surface area contributed by atoms with Gasteiger partial charge in [-0.25, -0.2) is 23.5 Å². The second kappa shape index (κ2) is 4.36. The Kier molecular flexibility index (Phi) is 2.88. The van der Waals surface area contributed by atoms with Crippen molar-refractivity contribution in [3.8, 4) is 11.3 Å². The van der Waals surface area contributed by atoms with Crippen molar-refractivity contribution < 1.29 is 18.7 Å². The molecule has 1 aromatic carbocycles. The highest BCUT2D eigenvalue weighted by atomic mass is 19.1. The summed E-state index contributed by atoms with van der Waals surface area (Å²) in [7, 11) is 0. The van der Waals surface area contributed by atoms with Crippen LogP contribution >= 0.6 is 0 Å². The number of hydrogen-bond donors (Lipinski definition) is 2. The van der Waals surface area contributed by atoms with Gasteiger partial charge in [0.25, 0.3) is 0 Å². The van der Waals surface area contributed by atoms with E-state index in [-0.39, 0.29) is 22.9 Å². The SMILES string of the molecule is Nc1nc(C(=O)O)cc(-c2cc(F)ccc2F)n1. The fourth-order valence-corrected chi connectivity index (χ4v) is 1.41. The number of benzene rings is 1. The minimum absolute atomic E-state index is 0.0862. The maximum atomic E-state index is 13.5. The van der Waals surface area contributed by atoms with Gasteiger partial charge in [-0.3, -0.25) is 0 Å². The van der Waals surface area contributed by atoms with Gasteiger partial charge < -0.3 is 10.8 Å². The topological polar surface area (TPSA) is 89.1 Å². The predicted octanol–water partition coefficient (Wildman–Crippen LogP) is 1.70. The third-order valence-electron chi connectivity index (χ3n) is 2.17. The third kappa shape index (κ3) is 2.24. The molecule has 0 bridgehead atoms. The number of halogens is 2. The Morgan fingerprint density at radius 1 is 1.22 bits per heavy atom. The lowest BCUT2D eigenvalue weighted by Crippen LogP contribution is -2.06. The normalized spacial score (nSPS) is 10.3. The molecule has 0 fully saturated rings. The Morgan fingerprint density at radius 2 is 1.94 bits per heavy atom. The largest absolute Gasteiger partial charge is 0.477 e.